The molecule has 1 unspecified atom stereocenters. The number of carbonyl (C=O) groups is 2. The van der Waals surface area contributed by atoms with Gasteiger partial charge < -0.3 is 4.74 Å². The number of aryl methyl sites for hydroxylation is 4. The normalized spacial score (nSPS) is 11.7. The molecule has 0 aromatic heterocycles. The summed E-state index contributed by atoms with van der Waals surface area (Å²) in [5, 5.41) is 10.9. The Hall–Kier alpha value is -3.02. The summed E-state index contributed by atoms with van der Waals surface area (Å²) in [6.07, 6.45) is -0.959. The van der Waals surface area contributed by atoms with Gasteiger partial charge in [0.2, 0.25) is 5.78 Å². The third kappa shape index (κ3) is 3.96. The molecule has 0 aliphatic rings. The number of hydrogen-bond acceptors (Lipinski definition) is 5. The van der Waals surface area contributed by atoms with Crippen molar-refractivity contribution in [1.82, 2.24) is 0 Å². The van der Waals surface area contributed by atoms with Crippen LogP contribution in [0.5, 0.6) is 0 Å². The number of ether oxygens (including phenoxy) is 1. The molecule has 0 aliphatic carbocycles. The second-order valence-corrected chi connectivity index (χ2v) is 6.42. The molecule has 0 spiro atoms. The maximum Gasteiger partial charge on any atom is 0.338 e. The van der Waals surface area contributed by atoms with Crippen LogP contribution in [0.2, 0.25) is 0 Å². The van der Waals surface area contributed by atoms with Crippen LogP contribution in [0, 0.1) is 37.8 Å². The summed E-state index contributed by atoms with van der Waals surface area (Å²) in [5.41, 5.74) is 3.88. The number of nitro groups is 1. The molecule has 26 heavy (non-hydrogen) atoms. The molecular formula is C20H21NO5. The van der Waals surface area contributed by atoms with E-state index in [-0.39, 0.29) is 17.0 Å². The van der Waals surface area contributed by atoms with Crippen molar-refractivity contribution in [3.8, 4) is 0 Å². The molecular weight excluding hydrogens is 334 g/mol. The Morgan fingerprint density at radius 1 is 0.962 bits per heavy atom. The number of rotatable bonds is 5. The first-order valence-corrected chi connectivity index (χ1v) is 8.20. The van der Waals surface area contributed by atoms with Gasteiger partial charge in [0.15, 0.2) is 6.10 Å². The summed E-state index contributed by atoms with van der Waals surface area (Å²) in [6.45, 7) is 8.79. The van der Waals surface area contributed by atoms with Gasteiger partial charge in [0.1, 0.15) is 0 Å². The van der Waals surface area contributed by atoms with Gasteiger partial charge in [0.25, 0.3) is 5.69 Å². The van der Waals surface area contributed by atoms with E-state index in [4.69, 9.17) is 4.74 Å². The first-order valence-electron chi connectivity index (χ1n) is 8.20. The smallest absolute Gasteiger partial charge is 0.338 e. The molecule has 0 fully saturated rings. The van der Waals surface area contributed by atoms with Gasteiger partial charge >= 0.3 is 5.97 Å². The molecule has 136 valence electrons. The Labute approximate surface area is 151 Å². The lowest BCUT2D eigenvalue weighted by molar-refractivity contribution is -0.385. The van der Waals surface area contributed by atoms with Crippen LogP contribution < -0.4 is 0 Å². The molecule has 0 heterocycles. The first-order chi connectivity index (χ1) is 12.1. The van der Waals surface area contributed by atoms with E-state index in [1.807, 2.05) is 26.8 Å². The Morgan fingerprint density at radius 3 is 2.15 bits per heavy atom. The molecule has 6 heteroatoms. The number of nitro benzene ring substituents is 1. The lowest BCUT2D eigenvalue weighted by atomic mass is 9.96. The fourth-order valence-electron chi connectivity index (χ4n) is 2.71. The second kappa shape index (κ2) is 7.47. The van der Waals surface area contributed by atoms with Gasteiger partial charge in [-0.2, -0.15) is 0 Å². The molecule has 2 rings (SSSR count). The average Bonchev–Trinajstić information content (AvgIpc) is 2.56. The Bertz CT molecular complexity index is 901. The van der Waals surface area contributed by atoms with E-state index >= 15 is 0 Å². The summed E-state index contributed by atoms with van der Waals surface area (Å²) in [7, 11) is 0. The number of esters is 1. The van der Waals surface area contributed by atoms with Gasteiger partial charge in [0.05, 0.1) is 10.5 Å². The molecule has 2 aromatic rings. The number of benzene rings is 2. The van der Waals surface area contributed by atoms with Gasteiger partial charge in [-0.05, 0) is 69.5 Å². The predicted molar refractivity (Wildman–Crippen MR) is 97.7 cm³/mol. The molecule has 0 saturated heterocycles. The number of ketones is 1. The minimum atomic E-state index is -0.959. The highest BCUT2D eigenvalue weighted by Crippen LogP contribution is 2.21. The fourth-order valence-corrected chi connectivity index (χ4v) is 2.71. The van der Waals surface area contributed by atoms with E-state index in [2.05, 4.69) is 0 Å². The maximum atomic E-state index is 12.6. The zero-order valence-corrected chi connectivity index (χ0v) is 15.5. The van der Waals surface area contributed by atoms with E-state index in [0.717, 1.165) is 16.7 Å². The highest BCUT2D eigenvalue weighted by molar-refractivity contribution is 6.02. The van der Waals surface area contributed by atoms with Gasteiger partial charge in [-0.25, -0.2) is 4.79 Å². The monoisotopic (exact) mass is 355 g/mol. The lowest BCUT2D eigenvalue weighted by Crippen LogP contribution is -2.25. The van der Waals surface area contributed by atoms with Gasteiger partial charge in [0, 0.05) is 17.2 Å². The maximum absolute atomic E-state index is 12.6. The number of hydrogen-bond donors (Lipinski definition) is 0. The van der Waals surface area contributed by atoms with Gasteiger partial charge in [-0.15, -0.1) is 0 Å². The summed E-state index contributed by atoms with van der Waals surface area (Å²) in [6, 6.07) is 7.70. The van der Waals surface area contributed by atoms with Crippen molar-refractivity contribution in [3.63, 3.8) is 0 Å². The van der Waals surface area contributed by atoms with E-state index in [1.165, 1.54) is 25.1 Å². The van der Waals surface area contributed by atoms with Crippen LogP contribution in [0.25, 0.3) is 0 Å². The topological polar surface area (TPSA) is 86.5 Å². The standard InChI is InChI=1S/C20H21NO5/c1-11-8-13(3)17(10-12(11)2)19(22)15(5)26-20(23)16-6-7-18(21(24)25)14(4)9-16/h6-10,15H,1-5H3. The summed E-state index contributed by atoms with van der Waals surface area (Å²) >= 11 is 0. The van der Waals surface area contributed by atoms with Crippen LogP contribution in [-0.2, 0) is 4.74 Å². The zero-order chi connectivity index (χ0) is 19.6. The third-order valence-electron chi connectivity index (χ3n) is 4.39. The minimum Gasteiger partial charge on any atom is -0.451 e. The molecule has 0 amide bonds. The van der Waals surface area contributed by atoms with Crippen molar-refractivity contribution in [2.75, 3.05) is 0 Å². The Balaban J connectivity index is 2.19. The molecule has 0 radical (unpaired) electrons. The third-order valence-corrected chi connectivity index (χ3v) is 4.39. The molecule has 2 aromatic carbocycles. The Kier molecular flexibility index (Phi) is 5.55. The van der Waals surface area contributed by atoms with Gasteiger partial charge in [-0.3, -0.25) is 14.9 Å². The second-order valence-electron chi connectivity index (χ2n) is 6.42. The fraction of sp³-hybridized carbons (Fsp3) is 0.300. The molecule has 0 aliphatic heterocycles. The number of Topliss-reactive ketones (excluding diaryl/α,β-unsaturated/α-hetero) is 1. The van der Waals surface area contributed by atoms with Crippen LogP contribution in [0.3, 0.4) is 0 Å². The quantitative estimate of drug-likeness (QED) is 0.346. The Morgan fingerprint density at radius 2 is 1.58 bits per heavy atom. The van der Waals surface area contributed by atoms with Gasteiger partial charge in [-0.1, -0.05) is 6.07 Å². The van der Waals surface area contributed by atoms with Crippen molar-refractivity contribution in [2.24, 2.45) is 0 Å². The largest absolute Gasteiger partial charge is 0.451 e. The lowest BCUT2D eigenvalue weighted by Gasteiger charge is -2.15. The zero-order valence-electron chi connectivity index (χ0n) is 15.5. The average molecular weight is 355 g/mol. The predicted octanol–water partition coefficient (Wildman–Crippen LogP) is 4.26. The molecule has 0 bridgehead atoms. The summed E-state index contributed by atoms with van der Waals surface area (Å²) in [4.78, 5) is 35.3. The van der Waals surface area contributed by atoms with Crippen LogP contribution >= 0.6 is 0 Å². The highest BCUT2D eigenvalue weighted by atomic mass is 16.6. The van der Waals surface area contributed by atoms with Crippen molar-refractivity contribution in [1.29, 1.82) is 0 Å². The highest BCUT2D eigenvalue weighted by Gasteiger charge is 2.23. The number of nitrogens with zero attached hydrogens (tertiary/aromatic N) is 1. The van der Waals surface area contributed by atoms with Crippen LogP contribution in [0.1, 0.15) is 49.9 Å². The van der Waals surface area contributed by atoms with E-state index in [0.29, 0.717) is 11.1 Å². The van der Waals surface area contributed by atoms with Crippen molar-refractivity contribution in [3.05, 3.63) is 73.8 Å². The first kappa shape index (κ1) is 19.3. The molecule has 0 N–H and O–H groups in total. The van der Waals surface area contributed by atoms with E-state index < -0.39 is 17.0 Å². The SMILES string of the molecule is Cc1cc(C)c(C(=O)C(C)OC(=O)c2ccc([N+](=O)[O-])c(C)c2)cc1C. The van der Waals surface area contributed by atoms with E-state index in [9.17, 15) is 19.7 Å². The molecule has 1 atom stereocenters. The van der Waals surface area contributed by atoms with Crippen LogP contribution in [0.4, 0.5) is 5.69 Å². The summed E-state index contributed by atoms with van der Waals surface area (Å²) in [5.74, 6) is -0.970. The summed E-state index contributed by atoms with van der Waals surface area (Å²) < 4.78 is 5.27. The van der Waals surface area contributed by atoms with Crippen molar-refractivity contribution >= 4 is 17.4 Å². The van der Waals surface area contributed by atoms with Crippen molar-refractivity contribution in [2.45, 2.75) is 40.7 Å². The van der Waals surface area contributed by atoms with Crippen molar-refractivity contribution < 1.29 is 19.2 Å². The molecule has 0 saturated carbocycles. The molecule has 6 nitrogen and oxygen atoms in total. The minimum absolute atomic E-state index is 0.0727. The van der Waals surface area contributed by atoms with E-state index in [1.54, 1.807) is 13.0 Å². The van der Waals surface area contributed by atoms with Crippen LogP contribution in [-0.4, -0.2) is 22.8 Å². The van der Waals surface area contributed by atoms with Crippen LogP contribution in [0.15, 0.2) is 30.3 Å². The number of carbonyl (C=O) groups excluding carboxylic acids is 2.